The van der Waals surface area contributed by atoms with Gasteiger partial charge in [-0.3, -0.25) is 0 Å². The fraction of sp³-hybridized carbons (Fsp3) is 0. The molecule has 0 aliphatic heterocycles. The fourth-order valence-corrected chi connectivity index (χ4v) is 7.74. The van der Waals surface area contributed by atoms with E-state index in [2.05, 4.69) is 108 Å². The molecule has 0 aliphatic carbocycles. The third kappa shape index (κ3) is 3.70. The average Bonchev–Trinajstić information content (AvgIpc) is 3.84. The van der Waals surface area contributed by atoms with E-state index in [1.165, 1.54) is 10.8 Å². The number of rotatable bonds is 3. The summed E-state index contributed by atoms with van der Waals surface area (Å²) in [5.74, 6) is 0.617. The largest absolute Gasteiger partial charge is 0.456 e. The van der Waals surface area contributed by atoms with Crippen LogP contribution in [0.4, 0.5) is 0 Å². The summed E-state index contributed by atoms with van der Waals surface area (Å²) < 4.78 is 15.4. The molecule has 228 valence electrons. The number of aromatic nitrogens is 3. The van der Waals surface area contributed by atoms with E-state index in [-0.39, 0.29) is 0 Å². The molecule has 0 amide bonds. The highest BCUT2D eigenvalue weighted by molar-refractivity contribution is 6.28. The smallest absolute Gasteiger partial charge is 0.164 e. The number of para-hydroxylation sites is 4. The fourth-order valence-electron chi connectivity index (χ4n) is 7.74. The predicted octanol–water partition coefficient (Wildman–Crippen LogP) is 11.9. The number of hydrogen-bond donors (Lipinski definition) is 0. The van der Waals surface area contributed by atoms with E-state index in [0.29, 0.717) is 5.82 Å². The van der Waals surface area contributed by atoms with Gasteiger partial charge in [-0.2, -0.15) is 0 Å². The van der Waals surface area contributed by atoms with Crippen molar-refractivity contribution in [3.8, 4) is 28.3 Å². The molecular formula is C44H25N3O2. The van der Waals surface area contributed by atoms with E-state index in [9.17, 15) is 0 Å². The Hall–Kier alpha value is -6.72. The molecule has 0 aliphatic rings. The van der Waals surface area contributed by atoms with Crippen molar-refractivity contribution in [2.45, 2.75) is 0 Å². The van der Waals surface area contributed by atoms with Crippen molar-refractivity contribution in [1.82, 2.24) is 14.5 Å². The molecule has 5 heteroatoms. The summed E-state index contributed by atoms with van der Waals surface area (Å²) in [5, 5.41) is 7.54. The van der Waals surface area contributed by atoms with E-state index in [1.54, 1.807) is 0 Å². The topological polar surface area (TPSA) is 57.0 Å². The molecule has 7 aromatic carbocycles. The minimum absolute atomic E-state index is 0.617. The van der Waals surface area contributed by atoms with Crippen LogP contribution >= 0.6 is 0 Å². The van der Waals surface area contributed by atoms with Gasteiger partial charge in [-0.1, -0.05) is 97.1 Å². The molecule has 4 heterocycles. The third-order valence-corrected chi connectivity index (χ3v) is 9.80. The quantitative estimate of drug-likeness (QED) is 0.196. The van der Waals surface area contributed by atoms with Crippen LogP contribution in [0.1, 0.15) is 0 Å². The summed E-state index contributed by atoms with van der Waals surface area (Å²) in [6.45, 7) is 0. The molecule has 0 N–H and O–H groups in total. The van der Waals surface area contributed by atoms with Crippen molar-refractivity contribution in [3.63, 3.8) is 0 Å². The highest BCUT2D eigenvalue weighted by Gasteiger charge is 2.23. The minimum Gasteiger partial charge on any atom is -0.456 e. The van der Waals surface area contributed by atoms with Gasteiger partial charge < -0.3 is 13.4 Å². The standard InChI is InChI=1S/C44H25N3O2/c1-3-12-26(13-4-1)42-41-32(22-24-36-39(41)29-17-8-10-21-35(29)48-36)45-44(46-42)31-19-11-18-30-40-37(49-43(30)31)25-23-34-38(40)28-16-7-9-20-33(28)47(34)27-14-5-2-6-15-27/h1-25H. The monoisotopic (exact) mass is 627 g/mol. The number of furan rings is 2. The van der Waals surface area contributed by atoms with Crippen LogP contribution in [-0.2, 0) is 0 Å². The Bertz CT molecular complexity index is 3100. The Morgan fingerprint density at radius 2 is 1.12 bits per heavy atom. The van der Waals surface area contributed by atoms with Gasteiger partial charge in [0, 0.05) is 49.0 Å². The van der Waals surface area contributed by atoms with Crippen LogP contribution in [0.25, 0.3) is 105 Å². The first-order valence-electron chi connectivity index (χ1n) is 16.4. The summed E-state index contributed by atoms with van der Waals surface area (Å²) in [6, 6.07) is 52.3. The second-order valence-corrected chi connectivity index (χ2v) is 12.5. The van der Waals surface area contributed by atoms with Crippen LogP contribution in [-0.4, -0.2) is 14.5 Å². The molecule has 0 radical (unpaired) electrons. The molecule has 0 fully saturated rings. The summed E-state index contributed by atoms with van der Waals surface area (Å²) in [6.07, 6.45) is 0. The number of fused-ring (bicyclic) bond motifs is 12. The second-order valence-electron chi connectivity index (χ2n) is 12.5. The lowest BCUT2D eigenvalue weighted by atomic mass is 10.0. The average molecular weight is 628 g/mol. The Kier molecular flexibility index (Phi) is 5.32. The van der Waals surface area contributed by atoms with Crippen molar-refractivity contribution in [3.05, 3.63) is 152 Å². The minimum atomic E-state index is 0.617. The zero-order valence-corrected chi connectivity index (χ0v) is 26.1. The van der Waals surface area contributed by atoms with E-state index in [1.807, 2.05) is 48.5 Å². The molecule has 4 aromatic heterocycles. The van der Waals surface area contributed by atoms with Crippen molar-refractivity contribution in [1.29, 1.82) is 0 Å². The van der Waals surface area contributed by atoms with E-state index in [0.717, 1.165) is 88.3 Å². The molecule has 49 heavy (non-hydrogen) atoms. The molecule has 0 saturated carbocycles. The van der Waals surface area contributed by atoms with E-state index in [4.69, 9.17) is 18.8 Å². The van der Waals surface area contributed by atoms with Gasteiger partial charge >= 0.3 is 0 Å². The molecule has 5 nitrogen and oxygen atoms in total. The van der Waals surface area contributed by atoms with Gasteiger partial charge in [0.05, 0.1) is 27.8 Å². The predicted molar refractivity (Wildman–Crippen MR) is 199 cm³/mol. The molecule has 0 spiro atoms. The molecule has 11 aromatic rings. The van der Waals surface area contributed by atoms with Gasteiger partial charge in [0.2, 0.25) is 0 Å². The van der Waals surface area contributed by atoms with Gasteiger partial charge in [-0.25, -0.2) is 9.97 Å². The van der Waals surface area contributed by atoms with Crippen LogP contribution in [0.2, 0.25) is 0 Å². The van der Waals surface area contributed by atoms with Gasteiger partial charge in [-0.05, 0) is 54.6 Å². The normalized spacial score (nSPS) is 12.1. The summed E-state index contributed by atoms with van der Waals surface area (Å²) in [5.41, 5.74) is 10.3. The summed E-state index contributed by atoms with van der Waals surface area (Å²) in [4.78, 5) is 10.6. The van der Waals surface area contributed by atoms with Gasteiger partial charge in [0.1, 0.15) is 22.3 Å². The van der Waals surface area contributed by atoms with Crippen molar-refractivity contribution < 1.29 is 8.83 Å². The zero-order chi connectivity index (χ0) is 32.1. The zero-order valence-electron chi connectivity index (χ0n) is 26.1. The number of nitrogens with zero attached hydrogens (tertiary/aromatic N) is 3. The number of benzene rings is 7. The first-order valence-corrected chi connectivity index (χ1v) is 16.4. The van der Waals surface area contributed by atoms with Crippen LogP contribution in [0.15, 0.2) is 160 Å². The highest BCUT2D eigenvalue weighted by atomic mass is 16.3. The lowest BCUT2D eigenvalue weighted by molar-refractivity contribution is 0.669. The van der Waals surface area contributed by atoms with Crippen LogP contribution < -0.4 is 0 Å². The van der Waals surface area contributed by atoms with Crippen LogP contribution in [0.5, 0.6) is 0 Å². The molecule has 0 saturated heterocycles. The van der Waals surface area contributed by atoms with Crippen molar-refractivity contribution >= 4 is 76.6 Å². The van der Waals surface area contributed by atoms with Crippen LogP contribution in [0, 0.1) is 0 Å². The van der Waals surface area contributed by atoms with E-state index < -0.39 is 0 Å². The Morgan fingerprint density at radius 3 is 2.00 bits per heavy atom. The maximum absolute atomic E-state index is 6.78. The molecule has 0 bridgehead atoms. The second kappa shape index (κ2) is 9.89. The van der Waals surface area contributed by atoms with Crippen molar-refractivity contribution in [2.24, 2.45) is 0 Å². The summed E-state index contributed by atoms with van der Waals surface area (Å²) in [7, 11) is 0. The lowest BCUT2D eigenvalue weighted by Gasteiger charge is -2.11. The molecule has 0 unspecified atom stereocenters. The molecule has 11 rings (SSSR count). The highest BCUT2D eigenvalue weighted by Crippen LogP contribution is 2.44. The van der Waals surface area contributed by atoms with Gasteiger partial charge in [-0.15, -0.1) is 0 Å². The molecular weight excluding hydrogens is 603 g/mol. The van der Waals surface area contributed by atoms with Crippen LogP contribution in [0.3, 0.4) is 0 Å². The maximum atomic E-state index is 6.78. The first kappa shape index (κ1) is 26.4. The van der Waals surface area contributed by atoms with E-state index >= 15 is 0 Å². The first-order chi connectivity index (χ1) is 24.3. The van der Waals surface area contributed by atoms with Crippen molar-refractivity contribution in [2.75, 3.05) is 0 Å². The Balaban J connectivity index is 1.23. The maximum Gasteiger partial charge on any atom is 0.164 e. The Labute approximate surface area is 279 Å². The van der Waals surface area contributed by atoms with Gasteiger partial charge in [0.25, 0.3) is 0 Å². The third-order valence-electron chi connectivity index (χ3n) is 9.80. The Morgan fingerprint density at radius 1 is 0.429 bits per heavy atom. The van der Waals surface area contributed by atoms with Gasteiger partial charge in [0.15, 0.2) is 5.82 Å². The lowest BCUT2D eigenvalue weighted by Crippen LogP contribution is -1.96. The number of hydrogen-bond acceptors (Lipinski definition) is 4. The summed E-state index contributed by atoms with van der Waals surface area (Å²) >= 11 is 0. The SMILES string of the molecule is c1ccc(-c2nc(-c3cccc4c3oc3ccc5c(c6ccccc6n5-c5ccccc5)c34)nc3ccc4oc5ccccc5c4c23)cc1. The molecule has 0 atom stereocenters.